The van der Waals surface area contributed by atoms with Crippen LogP contribution in [-0.2, 0) is 17.6 Å². The molecule has 1 saturated heterocycles. The van der Waals surface area contributed by atoms with Gasteiger partial charge in [0.25, 0.3) is 5.91 Å². The lowest BCUT2D eigenvalue weighted by atomic mass is 9.88. The average molecular weight is 452 g/mol. The maximum absolute atomic E-state index is 13.8. The number of aromatic amines is 1. The molecule has 3 aromatic carbocycles. The lowest BCUT2D eigenvalue weighted by molar-refractivity contribution is -0.120. The Morgan fingerprint density at radius 1 is 1.00 bits per heavy atom. The topological polar surface area (TPSA) is 39.3 Å². The van der Waals surface area contributed by atoms with Crippen molar-refractivity contribution in [1.29, 1.82) is 0 Å². The van der Waals surface area contributed by atoms with Crippen molar-refractivity contribution < 1.29 is 4.79 Å². The van der Waals surface area contributed by atoms with Gasteiger partial charge < -0.3 is 9.88 Å². The minimum atomic E-state index is -0.318. The zero-order valence-corrected chi connectivity index (χ0v) is 19.5. The van der Waals surface area contributed by atoms with E-state index >= 15 is 0 Å². The van der Waals surface area contributed by atoms with E-state index in [1.165, 1.54) is 22.1 Å². The van der Waals surface area contributed by atoms with Gasteiger partial charge in [-0.2, -0.15) is 0 Å². The molecule has 0 radical (unpaired) electrons. The second-order valence-electron chi connectivity index (χ2n) is 8.98. The van der Waals surface area contributed by atoms with Crippen LogP contribution in [0.15, 0.2) is 72.8 Å². The van der Waals surface area contributed by atoms with Crippen LogP contribution < -0.4 is 4.90 Å². The molecule has 0 bridgehead atoms. The number of carbonyl (C=O) groups is 1. The number of rotatable bonds is 3. The van der Waals surface area contributed by atoms with Crippen molar-refractivity contribution in [2.75, 3.05) is 4.90 Å². The fourth-order valence-corrected chi connectivity index (χ4v) is 5.72. The van der Waals surface area contributed by atoms with Crippen LogP contribution in [0.3, 0.4) is 0 Å². The number of anilines is 1. The highest BCUT2D eigenvalue weighted by Crippen LogP contribution is 2.44. The molecule has 5 heteroatoms. The van der Waals surface area contributed by atoms with Crippen LogP contribution in [0.2, 0.25) is 0 Å². The molecule has 33 heavy (non-hydrogen) atoms. The van der Waals surface area contributed by atoms with Crippen LogP contribution in [0, 0.1) is 6.92 Å². The molecule has 2 aliphatic heterocycles. The summed E-state index contributed by atoms with van der Waals surface area (Å²) in [5, 5.41) is 1.76. The highest BCUT2D eigenvalue weighted by atomic mass is 32.1. The summed E-state index contributed by atoms with van der Waals surface area (Å²) in [5.41, 5.74) is 7.88. The van der Waals surface area contributed by atoms with Gasteiger partial charge in [0.1, 0.15) is 6.04 Å². The number of benzene rings is 3. The van der Waals surface area contributed by atoms with Gasteiger partial charge >= 0.3 is 0 Å². The molecule has 1 aromatic heterocycles. The number of aromatic nitrogens is 1. The van der Waals surface area contributed by atoms with Gasteiger partial charge in [-0.25, -0.2) is 0 Å². The number of amides is 1. The monoisotopic (exact) mass is 451 g/mol. The second-order valence-corrected chi connectivity index (χ2v) is 9.34. The van der Waals surface area contributed by atoms with E-state index in [-0.39, 0.29) is 18.0 Å². The first-order chi connectivity index (χ1) is 16.1. The smallest absolute Gasteiger partial charge is 0.256 e. The first-order valence-corrected chi connectivity index (χ1v) is 11.9. The van der Waals surface area contributed by atoms with Gasteiger partial charge in [-0.3, -0.25) is 9.69 Å². The normalized spacial score (nSPS) is 19.8. The van der Waals surface area contributed by atoms with Crippen LogP contribution in [0.25, 0.3) is 10.9 Å². The summed E-state index contributed by atoms with van der Waals surface area (Å²) >= 11 is 5.99. The van der Waals surface area contributed by atoms with E-state index in [1.807, 2.05) is 18.2 Å². The number of hydrogen-bond acceptors (Lipinski definition) is 2. The number of hydrogen-bond donors (Lipinski definition) is 1. The molecule has 2 unspecified atom stereocenters. The molecule has 3 heterocycles. The number of carbonyl (C=O) groups excluding carboxylic acids is 1. The Hall–Kier alpha value is -3.44. The van der Waals surface area contributed by atoms with E-state index in [2.05, 4.69) is 78.3 Å². The summed E-state index contributed by atoms with van der Waals surface area (Å²) in [6.07, 6.45) is 1.61. The summed E-state index contributed by atoms with van der Waals surface area (Å²) in [5.74, 6) is 0.0530. The zero-order valence-electron chi connectivity index (χ0n) is 18.7. The van der Waals surface area contributed by atoms with E-state index in [0.717, 1.165) is 28.9 Å². The lowest BCUT2D eigenvalue weighted by Gasteiger charge is -2.37. The van der Waals surface area contributed by atoms with Crippen molar-refractivity contribution in [1.82, 2.24) is 9.88 Å². The van der Waals surface area contributed by atoms with Crippen molar-refractivity contribution >= 4 is 39.8 Å². The fourth-order valence-electron chi connectivity index (χ4n) is 5.29. The summed E-state index contributed by atoms with van der Waals surface area (Å²) in [7, 11) is 0. The van der Waals surface area contributed by atoms with E-state index < -0.39 is 0 Å². The third kappa shape index (κ3) is 3.03. The molecular formula is C28H25N3OS. The van der Waals surface area contributed by atoms with Gasteiger partial charge in [0.15, 0.2) is 5.11 Å². The molecule has 164 valence electrons. The number of para-hydroxylation sites is 1. The average Bonchev–Trinajstić information content (AvgIpc) is 3.33. The Bertz CT molecular complexity index is 1390. The summed E-state index contributed by atoms with van der Waals surface area (Å²) < 4.78 is 0. The van der Waals surface area contributed by atoms with Gasteiger partial charge in [-0.1, -0.05) is 67.1 Å². The Balaban J connectivity index is 1.51. The van der Waals surface area contributed by atoms with Gasteiger partial charge in [-0.15, -0.1) is 0 Å². The number of fused-ring (bicyclic) bond motifs is 4. The van der Waals surface area contributed by atoms with Crippen LogP contribution >= 0.6 is 12.2 Å². The maximum Gasteiger partial charge on any atom is 0.256 e. The Kier molecular flexibility index (Phi) is 4.63. The minimum Gasteiger partial charge on any atom is -0.356 e. The molecule has 1 fully saturated rings. The number of nitrogens with zero attached hydrogens (tertiary/aromatic N) is 2. The molecule has 0 saturated carbocycles. The number of H-pyrrole nitrogens is 1. The Labute approximate surface area is 198 Å². The molecule has 1 N–H and O–H groups in total. The minimum absolute atomic E-state index is 0.0530. The predicted molar refractivity (Wildman–Crippen MR) is 137 cm³/mol. The predicted octanol–water partition coefficient (Wildman–Crippen LogP) is 5.69. The van der Waals surface area contributed by atoms with Gasteiger partial charge in [0.2, 0.25) is 0 Å². The number of nitrogens with one attached hydrogen (secondary N) is 1. The summed E-state index contributed by atoms with van der Waals surface area (Å²) in [6.45, 7) is 4.22. The van der Waals surface area contributed by atoms with E-state index in [4.69, 9.17) is 12.2 Å². The molecule has 6 rings (SSSR count). The Morgan fingerprint density at radius 3 is 2.45 bits per heavy atom. The first kappa shape index (κ1) is 20.2. The molecular weight excluding hydrogens is 426 g/mol. The standard InChI is InChI=1S/C28H25N3OS/c1-3-18-10-14-20(15-11-18)30-27(32)24-16-22-21-6-4-5-7-23(21)29-25(22)26(31(24)28(30)33)19-12-8-17(2)9-13-19/h4-15,24,26,29H,3,16H2,1-2H3. The summed E-state index contributed by atoms with van der Waals surface area (Å²) in [6, 6.07) is 24.7. The van der Waals surface area contributed by atoms with Gasteiger partial charge in [0.05, 0.1) is 11.7 Å². The molecule has 0 aliphatic carbocycles. The third-order valence-electron chi connectivity index (χ3n) is 7.04. The highest BCUT2D eigenvalue weighted by molar-refractivity contribution is 7.80. The number of thiocarbonyl (C=S) groups is 1. The van der Waals surface area contributed by atoms with E-state index in [9.17, 15) is 4.79 Å². The summed E-state index contributed by atoms with van der Waals surface area (Å²) in [4.78, 5) is 21.3. The molecule has 2 aliphatic rings. The van der Waals surface area contributed by atoms with Crippen molar-refractivity contribution in [3.05, 3.63) is 101 Å². The van der Waals surface area contributed by atoms with Crippen molar-refractivity contribution in [3.8, 4) is 0 Å². The molecule has 4 nitrogen and oxygen atoms in total. The maximum atomic E-state index is 13.8. The van der Waals surface area contributed by atoms with Crippen LogP contribution in [0.4, 0.5) is 5.69 Å². The fraction of sp³-hybridized carbons (Fsp3) is 0.214. The van der Waals surface area contributed by atoms with Crippen molar-refractivity contribution in [2.45, 2.75) is 38.8 Å². The molecule has 2 atom stereocenters. The van der Waals surface area contributed by atoms with E-state index in [0.29, 0.717) is 11.5 Å². The van der Waals surface area contributed by atoms with E-state index in [1.54, 1.807) is 4.90 Å². The lowest BCUT2D eigenvalue weighted by Crippen LogP contribution is -2.44. The van der Waals surface area contributed by atoms with Gasteiger partial charge in [0, 0.05) is 23.0 Å². The van der Waals surface area contributed by atoms with Crippen molar-refractivity contribution in [2.24, 2.45) is 0 Å². The number of aryl methyl sites for hydroxylation is 2. The zero-order chi connectivity index (χ0) is 22.7. The molecule has 1 amide bonds. The van der Waals surface area contributed by atoms with Crippen LogP contribution in [0.5, 0.6) is 0 Å². The van der Waals surface area contributed by atoms with Gasteiger partial charge in [-0.05, 0) is 60.5 Å². The Morgan fingerprint density at radius 2 is 1.73 bits per heavy atom. The third-order valence-corrected chi connectivity index (χ3v) is 7.44. The second kappa shape index (κ2) is 7.56. The first-order valence-electron chi connectivity index (χ1n) is 11.5. The largest absolute Gasteiger partial charge is 0.356 e. The van der Waals surface area contributed by atoms with Crippen molar-refractivity contribution in [3.63, 3.8) is 0 Å². The highest BCUT2D eigenvalue weighted by Gasteiger charge is 2.50. The van der Waals surface area contributed by atoms with Crippen LogP contribution in [-0.4, -0.2) is 26.9 Å². The van der Waals surface area contributed by atoms with Crippen LogP contribution in [0.1, 0.15) is 40.9 Å². The SMILES string of the molecule is CCc1ccc(N2C(=O)C3Cc4c([nH]c5ccccc45)C(c4ccc(C)cc4)N3C2=S)cc1. The quantitative estimate of drug-likeness (QED) is 0.407. The molecule has 0 spiro atoms. The molecule has 4 aromatic rings.